The highest BCUT2D eigenvalue weighted by molar-refractivity contribution is 7.87. The second-order valence-electron chi connectivity index (χ2n) is 12.3. The third-order valence-corrected chi connectivity index (χ3v) is 13.4. The van der Waals surface area contributed by atoms with Crippen LogP contribution in [-0.4, -0.2) is 78.1 Å². The molecule has 1 aliphatic rings. The van der Waals surface area contributed by atoms with Gasteiger partial charge >= 0.3 is 0 Å². The molecular weight excluding hydrogens is 773 g/mol. The Hall–Kier alpha value is -3.56. The number of aryl methyl sites for hydroxylation is 4. The lowest BCUT2D eigenvalue weighted by molar-refractivity contribution is -0.247. The smallest absolute Gasteiger partial charge is 0.297 e. The third-order valence-electron chi connectivity index (χ3n) is 8.10. The molecular formula is C35H38O14S4. The van der Waals surface area contributed by atoms with Gasteiger partial charge in [0.1, 0.15) is 31.2 Å². The van der Waals surface area contributed by atoms with Crippen LogP contribution in [0, 0.1) is 27.7 Å². The molecule has 4 atom stereocenters. The first-order chi connectivity index (χ1) is 24.9. The maximum absolute atomic E-state index is 13.7. The van der Waals surface area contributed by atoms with Crippen molar-refractivity contribution in [3.63, 3.8) is 0 Å². The molecule has 0 saturated carbocycles. The summed E-state index contributed by atoms with van der Waals surface area (Å²) in [4.78, 5) is -1.06. The number of rotatable bonds is 15. The molecule has 18 heteroatoms. The lowest BCUT2D eigenvalue weighted by Crippen LogP contribution is -2.57. The minimum Gasteiger partial charge on any atom is -0.347 e. The Bertz CT molecular complexity index is 2310. The highest BCUT2D eigenvalue weighted by Crippen LogP contribution is 2.30. The summed E-state index contributed by atoms with van der Waals surface area (Å²) in [5, 5.41) is 0. The summed E-state index contributed by atoms with van der Waals surface area (Å²) in [6.45, 7) is 4.46. The van der Waals surface area contributed by atoms with Gasteiger partial charge in [0.25, 0.3) is 40.5 Å². The highest BCUT2D eigenvalue weighted by atomic mass is 32.2. The van der Waals surface area contributed by atoms with Gasteiger partial charge in [-0.3, -0.25) is 16.7 Å². The molecule has 5 rings (SSSR count). The van der Waals surface area contributed by atoms with Gasteiger partial charge in [-0.05, 0) is 76.2 Å². The van der Waals surface area contributed by atoms with E-state index in [0.29, 0.717) is 0 Å². The molecule has 0 amide bonds. The van der Waals surface area contributed by atoms with Crippen molar-refractivity contribution in [1.29, 1.82) is 0 Å². The maximum Gasteiger partial charge on any atom is 0.297 e. The Morgan fingerprint density at radius 2 is 0.906 bits per heavy atom. The Morgan fingerprint density at radius 1 is 0.528 bits per heavy atom. The largest absolute Gasteiger partial charge is 0.347 e. The van der Waals surface area contributed by atoms with Crippen LogP contribution in [0.1, 0.15) is 22.3 Å². The van der Waals surface area contributed by atoms with Crippen LogP contribution in [0.2, 0.25) is 0 Å². The van der Waals surface area contributed by atoms with Crippen molar-refractivity contribution >= 4 is 40.5 Å². The summed E-state index contributed by atoms with van der Waals surface area (Å²) in [6, 6.07) is 22.5. The van der Waals surface area contributed by atoms with E-state index in [4.69, 9.17) is 26.2 Å². The molecule has 53 heavy (non-hydrogen) atoms. The van der Waals surface area contributed by atoms with Crippen molar-refractivity contribution in [3.8, 4) is 0 Å². The molecule has 1 saturated heterocycles. The van der Waals surface area contributed by atoms with Gasteiger partial charge in [-0.25, -0.2) is 0 Å². The average molecular weight is 811 g/mol. The lowest BCUT2D eigenvalue weighted by atomic mass is 10.0. The van der Waals surface area contributed by atoms with Gasteiger partial charge in [0.15, 0.2) is 0 Å². The zero-order chi connectivity index (χ0) is 38.6. The molecule has 0 aliphatic carbocycles. The first-order valence-corrected chi connectivity index (χ1v) is 21.6. The van der Waals surface area contributed by atoms with Crippen molar-refractivity contribution in [2.75, 3.05) is 20.0 Å². The van der Waals surface area contributed by atoms with E-state index in [9.17, 15) is 33.7 Å². The molecule has 1 fully saturated rings. The molecule has 0 N–H and O–H groups in total. The van der Waals surface area contributed by atoms with Crippen molar-refractivity contribution < 1.29 is 59.9 Å². The van der Waals surface area contributed by atoms with E-state index in [1.807, 2.05) is 0 Å². The fourth-order valence-corrected chi connectivity index (χ4v) is 9.07. The molecule has 0 aromatic heterocycles. The normalized spacial score (nSPS) is 19.1. The number of benzene rings is 4. The second kappa shape index (κ2) is 16.4. The van der Waals surface area contributed by atoms with Crippen molar-refractivity contribution in [3.05, 3.63) is 119 Å². The summed E-state index contributed by atoms with van der Waals surface area (Å²) in [5.41, 5.74) is 3.02. The summed E-state index contributed by atoms with van der Waals surface area (Å²) < 4.78 is 140. The number of hydrogen-bond acceptors (Lipinski definition) is 14. The summed E-state index contributed by atoms with van der Waals surface area (Å²) in [7, 11) is -18.4. The average Bonchev–Trinajstić information content (AvgIpc) is 3.10. The van der Waals surface area contributed by atoms with Crippen LogP contribution in [-0.2, 0) is 66.7 Å². The van der Waals surface area contributed by atoms with Crippen LogP contribution in [0.5, 0.6) is 0 Å². The predicted octanol–water partition coefficient (Wildman–Crippen LogP) is 4.32. The van der Waals surface area contributed by atoms with Crippen LogP contribution >= 0.6 is 0 Å². The Morgan fingerprint density at radius 3 is 1.34 bits per heavy atom. The monoisotopic (exact) mass is 810 g/mol. The molecule has 1 heterocycles. The zero-order valence-corrected chi connectivity index (χ0v) is 32.3. The summed E-state index contributed by atoms with van der Waals surface area (Å²) >= 11 is 0. The SMILES string of the molecule is Cc1ccc(S(=O)(=O)OC[C@H]2OCO[C@@H]([C@@H](COS(=O)(=O)c3ccc(C)cc3)OS(=O)(=O)c3ccc(C)cc3)[C@H]2OS(=O)(=O)c2ccc(C)cc2)cc1. The molecule has 1 aliphatic heterocycles. The van der Waals surface area contributed by atoms with E-state index in [1.54, 1.807) is 39.8 Å². The van der Waals surface area contributed by atoms with Gasteiger partial charge in [-0.2, -0.15) is 33.7 Å². The van der Waals surface area contributed by atoms with Gasteiger partial charge in [0.05, 0.1) is 32.8 Å². The summed E-state index contributed by atoms with van der Waals surface area (Å²) in [5.74, 6) is 0. The molecule has 286 valence electrons. The van der Waals surface area contributed by atoms with Gasteiger partial charge in [-0.1, -0.05) is 70.8 Å². The van der Waals surface area contributed by atoms with E-state index >= 15 is 0 Å². The Balaban J connectivity index is 1.53. The number of ether oxygens (including phenoxy) is 2. The minimum atomic E-state index is -4.71. The van der Waals surface area contributed by atoms with E-state index in [-0.39, 0.29) is 19.6 Å². The van der Waals surface area contributed by atoms with Gasteiger partial charge in [0, 0.05) is 0 Å². The van der Waals surface area contributed by atoms with E-state index in [2.05, 4.69) is 0 Å². The quantitative estimate of drug-likeness (QED) is 0.154. The first kappa shape index (κ1) is 40.6. The fourth-order valence-electron chi connectivity index (χ4n) is 5.05. The maximum atomic E-state index is 13.7. The molecule has 0 unspecified atom stereocenters. The van der Waals surface area contributed by atoms with Crippen molar-refractivity contribution in [2.24, 2.45) is 0 Å². The van der Waals surface area contributed by atoms with Gasteiger partial charge in [0.2, 0.25) is 0 Å². The van der Waals surface area contributed by atoms with Gasteiger partial charge < -0.3 is 9.47 Å². The predicted molar refractivity (Wildman–Crippen MR) is 190 cm³/mol. The topological polar surface area (TPSA) is 192 Å². The molecule has 14 nitrogen and oxygen atoms in total. The molecule has 0 radical (unpaired) electrons. The van der Waals surface area contributed by atoms with E-state index in [1.165, 1.54) is 84.9 Å². The Kier molecular flexibility index (Phi) is 12.6. The van der Waals surface area contributed by atoms with Crippen LogP contribution in [0.3, 0.4) is 0 Å². The van der Waals surface area contributed by atoms with Crippen LogP contribution < -0.4 is 0 Å². The van der Waals surface area contributed by atoms with E-state index in [0.717, 1.165) is 22.3 Å². The van der Waals surface area contributed by atoms with E-state index < -0.39 is 84.9 Å². The van der Waals surface area contributed by atoms with Gasteiger partial charge in [-0.15, -0.1) is 0 Å². The Labute approximate surface area is 310 Å². The zero-order valence-electron chi connectivity index (χ0n) is 29.0. The lowest BCUT2D eigenvalue weighted by Gasteiger charge is -2.39. The van der Waals surface area contributed by atoms with Crippen LogP contribution in [0.25, 0.3) is 0 Å². The third kappa shape index (κ3) is 10.4. The van der Waals surface area contributed by atoms with Crippen molar-refractivity contribution in [1.82, 2.24) is 0 Å². The minimum absolute atomic E-state index is 0.198. The fraction of sp³-hybridized carbons (Fsp3) is 0.314. The van der Waals surface area contributed by atoms with Crippen LogP contribution in [0.15, 0.2) is 117 Å². The highest BCUT2D eigenvalue weighted by Gasteiger charge is 2.47. The molecule has 4 aromatic carbocycles. The molecule has 4 aromatic rings. The first-order valence-electron chi connectivity index (χ1n) is 16.0. The standard InChI is InChI=1S/C35H38O14S4/c1-24-5-13-28(14-6-24)50(36,37)46-21-32-35(49-53(42,43)31-19-11-27(4)12-20-31)34(45-23-44-32)33(48-52(40,41)30-17-9-26(3)10-18-30)22-47-51(38,39)29-15-7-25(2)8-16-29/h5-20,32-35H,21-23H2,1-4H3/t32-,33-,34+,35+/m1/s1. The van der Waals surface area contributed by atoms with Crippen molar-refractivity contribution in [2.45, 2.75) is 71.7 Å². The number of hydrogen-bond donors (Lipinski definition) is 0. The second-order valence-corrected chi connectivity index (χ2v) is 18.7. The van der Waals surface area contributed by atoms with Crippen LogP contribution in [0.4, 0.5) is 0 Å². The summed E-state index contributed by atoms with van der Waals surface area (Å²) in [6.07, 6.45) is -7.13. The molecule has 0 bridgehead atoms. The molecule has 0 spiro atoms.